The van der Waals surface area contributed by atoms with Crippen molar-refractivity contribution in [2.24, 2.45) is 7.05 Å². The van der Waals surface area contributed by atoms with Gasteiger partial charge < -0.3 is 10.2 Å². The van der Waals surface area contributed by atoms with Gasteiger partial charge in [-0.05, 0) is 23.3 Å². The number of urea groups is 1. The number of hydrogen-bond donors (Lipinski definition) is 1. The Balaban J connectivity index is 1.71. The fraction of sp³-hybridized carbons (Fsp3) is 0.263. The molecule has 0 saturated heterocycles. The Kier molecular flexibility index (Phi) is 4.51. The maximum atomic E-state index is 12.5. The molecule has 1 N–H and O–H groups in total. The van der Waals surface area contributed by atoms with Gasteiger partial charge in [-0.25, -0.2) is 4.79 Å². The summed E-state index contributed by atoms with van der Waals surface area (Å²) in [5, 5.41) is 9.55. The van der Waals surface area contributed by atoms with E-state index in [4.69, 9.17) is 0 Å². The minimum Gasteiger partial charge on any atom is -0.331 e. The van der Waals surface area contributed by atoms with Gasteiger partial charge in [-0.2, -0.15) is 5.10 Å². The van der Waals surface area contributed by atoms with Crippen LogP contribution in [0.15, 0.2) is 54.9 Å². The zero-order chi connectivity index (χ0) is 17.1. The highest BCUT2D eigenvalue weighted by Crippen LogP contribution is 2.24. The normalized spacial score (nSPS) is 12.1. The van der Waals surface area contributed by atoms with Crippen LogP contribution in [0.25, 0.3) is 10.8 Å². The van der Waals surface area contributed by atoms with E-state index in [9.17, 15) is 4.79 Å². The van der Waals surface area contributed by atoms with Crippen LogP contribution in [-0.4, -0.2) is 27.8 Å². The third-order valence-corrected chi connectivity index (χ3v) is 4.15. The van der Waals surface area contributed by atoms with E-state index >= 15 is 0 Å². The molecule has 2 aromatic carbocycles. The quantitative estimate of drug-likeness (QED) is 0.799. The average Bonchev–Trinajstić information content (AvgIpc) is 2.99. The molecule has 5 nitrogen and oxygen atoms in total. The Morgan fingerprint density at radius 1 is 1.25 bits per heavy atom. The van der Waals surface area contributed by atoms with Gasteiger partial charge in [0.25, 0.3) is 0 Å². The maximum absolute atomic E-state index is 12.5. The predicted octanol–water partition coefficient (Wildman–Crippen LogP) is 3.48. The molecule has 0 radical (unpaired) electrons. The standard InChI is InChI=1S/C19H22N4O/c1-14(17-10-6-8-16-7-4-5-9-18(16)17)21-19(24)22(2)12-15-11-20-23(3)13-15/h4-11,13-14H,12H2,1-3H3,(H,21,24). The van der Waals surface area contributed by atoms with Crippen LogP contribution in [-0.2, 0) is 13.6 Å². The van der Waals surface area contributed by atoms with Crippen molar-refractivity contribution in [2.45, 2.75) is 19.5 Å². The number of aryl methyl sites for hydroxylation is 1. The molecule has 3 aromatic rings. The van der Waals surface area contributed by atoms with Gasteiger partial charge in [0, 0.05) is 25.9 Å². The molecule has 0 saturated carbocycles. The Bertz CT molecular complexity index is 850. The van der Waals surface area contributed by atoms with E-state index in [1.807, 2.05) is 38.4 Å². The van der Waals surface area contributed by atoms with Crippen LogP contribution < -0.4 is 5.32 Å². The van der Waals surface area contributed by atoms with Crippen molar-refractivity contribution >= 4 is 16.8 Å². The van der Waals surface area contributed by atoms with E-state index in [2.05, 4.69) is 34.7 Å². The van der Waals surface area contributed by atoms with Crippen molar-refractivity contribution in [3.8, 4) is 0 Å². The SMILES string of the molecule is CC(NC(=O)N(C)Cc1cnn(C)c1)c1cccc2ccccc12. The number of nitrogens with zero attached hydrogens (tertiary/aromatic N) is 3. The summed E-state index contributed by atoms with van der Waals surface area (Å²) in [4.78, 5) is 14.1. The molecular formula is C19H22N4O. The predicted molar refractivity (Wildman–Crippen MR) is 95.6 cm³/mol. The van der Waals surface area contributed by atoms with Crippen molar-refractivity contribution in [2.75, 3.05) is 7.05 Å². The van der Waals surface area contributed by atoms with Crippen LogP contribution in [0.2, 0.25) is 0 Å². The second kappa shape index (κ2) is 6.74. The van der Waals surface area contributed by atoms with Gasteiger partial charge in [-0.15, -0.1) is 0 Å². The highest BCUT2D eigenvalue weighted by molar-refractivity contribution is 5.86. The number of aromatic nitrogens is 2. The van der Waals surface area contributed by atoms with Gasteiger partial charge in [0.1, 0.15) is 0 Å². The van der Waals surface area contributed by atoms with Crippen molar-refractivity contribution in [1.82, 2.24) is 20.0 Å². The second-order valence-electron chi connectivity index (χ2n) is 6.12. The molecule has 5 heteroatoms. The van der Waals surface area contributed by atoms with Crippen molar-refractivity contribution in [1.29, 1.82) is 0 Å². The van der Waals surface area contributed by atoms with Crippen LogP contribution in [0.1, 0.15) is 24.1 Å². The first-order valence-corrected chi connectivity index (χ1v) is 8.01. The highest BCUT2D eigenvalue weighted by Gasteiger charge is 2.15. The first-order chi connectivity index (χ1) is 11.5. The van der Waals surface area contributed by atoms with Gasteiger partial charge in [0.2, 0.25) is 0 Å². The molecule has 0 aliphatic rings. The summed E-state index contributed by atoms with van der Waals surface area (Å²) >= 11 is 0. The van der Waals surface area contributed by atoms with Crippen molar-refractivity contribution in [3.63, 3.8) is 0 Å². The average molecular weight is 322 g/mol. The lowest BCUT2D eigenvalue weighted by Gasteiger charge is -2.22. The number of amides is 2. The molecule has 0 bridgehead atoms. The van der Waals surface area contributed by atoms with Crippen molar-refractivity contribution in [3.05, 3.63) is 66.0 Å². The zero-order valence-electron chi connectivity index (χ0n) is 14.2. The Hall–Kier alpha value is -2.82. The van der Waals surface area contributed by atoms with E-state index in [-0.39, 0.29) is 12.1 Å². The molecule has 1 aromatic heterocycles. The van der Waals surface area contributed by atoms with E-state index in [0.717, 1.165) is 11.1 Å². The second-order valence-corrected chi connectivity index (χ2v) is 6.12. The van der Waals surface area contributed by atoms with Gasteiger partial charge in [-0.3, -0.25) is 4.68 Å². The third kappa shape index (κ3) is 3.40. The van der Waals surface area contributed by atoms with Gasteiger partial charge >= 0.3 is 6.03 Å². The van der Waals surface area contributed by atoms with E-state index in [1.54, 1.807) is 22.8 Å². The smallest absolute Gasteiger partial charge is 0.317 e. The lowest BCUT2D eigenvalue weighted by Crippen LogP contribution is -2.38. The summed E-state index contributed by atoms with van der Waals surface area (Å²) in [7, 11) is 3.66. The molecule has 3 rings (SSSR count). The molecule has 0 aliphatic heterocycles. The molecule has 24 heavy (non-hydrogen) atoms. The highest BCUT2D eigenvalue weighted by atomic mass is 16.2. The number of nitrogens with one attached hydrogen (secondary N) is 1. The molecule has 1 unspecified atom stereocenters. The van der Waals surface area contributed by atoms with Crippen LogP contribution in [0.4, 0.5) is 4.79 Å². The Morgan fingerprint density at radius 2 is 2.00 bits per heavy atom. The summed E-state index contributed by atoms with van der Waals surface area (Å²) in [6.45, 7) is 2.54. The summed E-state index contributed by atoms with van der Waals surface area (Å²) in [5.74, 6) is 0. The zero-order valence-corrected chi connectivity index (χ0v) is 14.2. The molecular weight excluding hydrogens is 300 g/mol. The molecule has 124 valence electrons. The first-order valence-electron chi connectivity index (χ1n) is 8.01. The van der Waals surface area contributed by atoms with E-state index in [0.29, 0.717) is 6.54 Å². The van der Waals surface area contributed by atoms with E-state index < -0.39 is 0 Å². The summed E-state index contributed by atoms with van der Waals surface area (Å²) in [6.07, 6.45) is 3.69. The fourth-order valence-electron chi connectivity index (χ4n) is 2.90. The Morgan fingerprint density at radius 3 is 2.75 bits per heavy atom. The molecule has 1 atom stereocenters. The summed E-state index contributed by atoms with van der Waals surface area (Å²) in [5.41, 5.74) is 2.13. The molecule has 1 heterocycles. The number of rotatable bonds is 4. The minimum absolute atomic E-state index is 0.0695. The summed E-state index contributed by atoms with van der Waals surface area (Å²) in [6, 6.07) is 14.2. The first kappa shape index (κ1) is 16.1. The molecule has 2 amide bonds. The van der Waals surface area contributed by atoms with Gasteiger partial charge in [0.15, 0.2) is 0 Å². The number of hydrogen-bond acceptors (Lipinski definition) is 2. The lowest BCUT2D eigenvalue weighted by molar-refractivity contribution is 0.203. The fourth-order valence-corrected chi connectivity index (χ4v) is 2.90. The number of fused-ring (bicyclic) bond motifs is 1. The third-order valence-electron chi connectivity index (χ3n) is 4.15. The van der Waals surface area contributed by atoms with Gasteiger partial charge in [-0.1, -0.05) is 42.5 Å². The van der Waals surface area contributed by atoms with E-state index in [1.165, 1.54) is 10.8 Å². The molecule has 0 spiro atoms. The number of benzene rings is 2. The van der Waals surface area contributed by atoms with Crippen LogP contribution >= 0.6 is 0 Å². The molecule has 0 fully saturated rings. The van der Waals surface area contributed by atoms with Crippen LogP contribution in [0.5, 0.6) is 0 Å². The Labute approximate surface area is 141 Å². The van der Waals surface area contributed by atoms with Crippen LogP contribution in [0, 0.1) is 0 Å². The maximum Gasteiger partial charge on any atom is 0.317 e. The number of carbonyl (C=O) groups is 1. The monoisotopic (exact) mass is 322 g/mol. The van der Waals surface area contributed by atoms with Crippen molar-refractivity contribution < 1.29 is 4.79 Å². The molecule has 0 aliphatic carbocycles. The number of carbonyl (C=O) groups excluding carboxylic acids is 1. The summed E-state index contributed by atoms with van der Waals surface area (Å²) < 4.78 is 1.74. The van der Waals surface area contributed by atoms with Crippen LogP contribution in [0.3, 0.4) is 0 Å². The lowest BCUT2D eigenvalue weighted by atomic mass is 10.00. The minimum atomic E-state index is -0.0979. The van der Waals surface area contributed by atoms with Gasteiger partial charge in [0.05, 0.1) is 18.8 Å². The largest absolute Gasteiger partial charge is 0.331 e. The topological polar surface area (TPSA) is 50.2 Å².